The van der Waals surface area contributed by atoms with E-state index in [0.29, 0.717) is 26.3 Å². The lowest BCUT2D eigenvalue weighted by Crippen LogP contribution is -2.52. The van der Waals surface area contributed by atoms with Crippen LogP contribution < -0.4 is 11.1 Å². The molecule has 0 bridgehead atoms. The van der Waals surface area contributed by atoms with Gasteiger partial charge in [0.2, 0.25) is 11.8 Å². The molecule has 0 aromatic carbocycles. The van der Waals surface area contributed by atoms with Crippen molar-refractivity contribution in [2.24, 2.45) is 5.73 Å². The molecule has 0 aromatic heterocycles. The molecular weight excluding hydrogens is 186 g/mol. The normalized spacial score (nSPS) is 18.4. The first-order valence-electron chi connectivity index (χ1n) is 4.55. The van der Waals surface area contributed by atoms with Crippen LogP contribution in [0.15, 0.2) is 0 Å². The number of hydrogen-bond donors (Lipinski definition) is 2. The Bertz CT molecular complexity index is 204. The van der Waals surface area contributed by atoms with Gasteiger partial charge in [0.05, 0.1) is 26.3 Å². The zero-order valence-corrected chi connectivity index (χ0v) is 7.99. The van der Waals surface area contributed by atoms with Gasteiger partial charge in [-0.2, -0.15) is 0 Å². The molecule has 1 aliphatic rings. The highest BCUT2D eigenvalue weighted by Gasteiger charge is 2.21. The number of piperazine rings is 1. The highest BCUT2D eigenvalue weighted by molar-refractivity contribution is 5.99. The molecule has 1 fully saturated rings. The first kappa shape index (κ1) is 11.1. The van der Waals surface area contributed by atoms with Crippen LogP contribution in [-0.4, -0.2) is 56.1 Å². The summed E-state index contributed by atoms with van der Waals surface area (Å²) in [5, 5.41) is 2.23. The largest absolute Gasteiger partial charge is 0.379 e. The van der Waals surface area contributed by atoms with Gasteiger partial charge in [0.25, 0.3) is 0 Å². The van der Waals surface area contributed by atoms with Crippen molar-refractivity contribution < 1.29 is 14.3 Å². The van der Waals surface area contributed by atoms with E-state index in [1.165, 1.54) is 0 Å². The third-order valence-corrected chi connectivity index (χ3v) is 1.83. The van der Waals surface area contributed by atoms with E-state index in [9.17, 15) is 9.59 Å². The molecule has 1 aliphatic heterocycles. The number of nitrogens with one attached hydrogen (secondary N) is 1. The Balaban J connectivity index is 2.17. The Labute approximate surface area is 82.4 Å². The molecule has 2 amide bonds. The smallest absolute Gasteiger partial charge is 0.240 e. The van der Waals surface area contributed by atoms with Crippen LogP contribution in [0.2, 0.25) is 0 Å². The maximum absolute atomic E-state index is 10.9. The second-order valence-electron chi connectivity index (χ2n) is 3.08. The predicted octanol–water partition coefficient (Wildman–Crippen LogP) is -2.08. The Kier molecular flexibility index (Phi) is 4.51. The van der Waals surface area contributed by atoms with E-state index in [0.717, 1.165) is 0 Å². The number of nitrogens with two attached hydrogens (primary N) is 1. The van der Waals surface area contributed by atoms with Crippen molar-refractivity contribution in [2.75, 3.05) is 39.4 Å². The second-order valence-corrected chi connectivity index (χ2v) is 3.08. The number of amides is 2. The van der Waals surface area contributed by atoms with Crippen molar-refractivity contribution in [3.8, 4) is 0 Å². The third-order valence-electron chi connectivity index (χ3n) is 1.83. The van der Waals surface area contributed by atoms with E-state index in [4.69, 9.17) is 10.5 Å². The number of hydrogen-bond acceptors (Lipinski definition) is 5. The molecule has 0 unspecified atom stereocenters. The van der Waals surface area contributed by atoms with Crippen LogP contribution in [0.5, 0.6) is 0 Å². The average Bonchev–Trinajstić information content (AvgIpc) is 2.11. The summed E-state index contributed by atoms with van der Waals surface area (Å²) in [5.41, 5.74) is 5.24. The minimum atomic E-state index is -0.250. The number of ether oxygens (including phenoxy) is 1. The number of nitrogens with zero attached hydrogens (tertiary/aromatic N) is 1. The molecule has 0 atom stereocenters. The van der Waals surface area contributed by atoms with Gasteiger partial charge in [0.15, 0.2) is 0 Å². The zero-order valence-electron chi connectivity index (χ0n) is 7.99. The molecule has 6 heteroatoms. The maximum atomic E-state index is 10.9. The first-order chi connectivity index (χ1) is 6.72. The fourth-order valence-electron chi connectivity index (χ4n) is 1.23. The highest BCUT2D eigenvalue weighted by Crippen LogP contribution is 1.93. The molecule has 1 rings (SSSR count). The van der Waals surface area contributed by atoms with Crippen molar-refractivity contribution in [2.45, 2.75) is 0 Å². The molecule has 6 nitrogen and oxygen atoms in total. The monoisotopic (exact) mass is 201 g/mol. The van der Waals surface area contributed by atoms with Crippen LogP contribution in [0.1, 0.15) is 0 Å². The van der Waals surface area contributed by atoms with E-state index >= 15 is 0 Å². The number of imide groups is 1. The van der Waals surface area contributed by atoms with Crippen LogP contribution in [0, 0.1) is 0 Å². The summed E-state index contributed by atoms with van der Waals surface area (Å²) < 4.78 is 5.15. The van der Waals surface area contributed by atoms with E-state index in [-0.39, 0.29) is 24.9 Å². The van der Waals surface area contributed by atoms with Crippen molar-refractivity contribution in [1.82, 2.24) is 10.2 Å². The van der Waals surface area contributed by atoms with Gasteiger partial charge in [-0.05, 0) is 0 Å². The molecule has 3 N–H and O–H groups in total. The lowest BCUT2D eigenvalue weighted by Gasteiger charge is -2.24. The van der Waals surface area contributed by atoms with Crippen LogP contribution in [0.4, 0.5) is 0 Å². The lowest BCUT2D eigenvalue weighted by molar-refractivity contribution is -0.136. The van der Waals surface area contributed by atoms with Gasteiger partial charge in [-0.1, -0.05) is 0 Å². The fraction of sp³-hybridized carbons (Fsp3) is 0.750. The van der Waals surface area contributed by atoms with Crippen LogP contribution in [0.25, 0.3) is 0 Å². The standard InChI is InChI=1S/C8H15N3O3/c9-1-3-14-4-2-11-5-7(12)10-8(13)6-11/h1-6,9H2,(H,10,12,13). The second kappa shape index (κ2) is 5.69. The molecule has 0 saturated carbocycles. The molecule has 0 aromatic rings. The highest BCUT2D eigenvalue weighted by atomic mass is 16.5. The van der Waals surface area contributed by atoms with Crippen LogP contribution in [-0.2, 0) is 14.3 Å². The Hall–Kier alpha value is -0.980. The zero-order chi connectivity index (χ0) is 10.4. The maximum Gasteiger partial charge on any atom is 0.240 e. The number of carbonyl (C=O) groups excluding carboxylic acids is 2. The topological polar surface area (TPSA) is 84.7 Å². The average molecular weight is 201 g/mol. The molecular formula is C8H15N3O3. The van der Waals surface area contributed by atoms with Crippen molar-refractivity contribution in [3.63, 3.8) is 0 Å². The Morgan fingerprint density at radius 1 is 1.29 bits per heavy atom. The van der Waals surface area contributed by atoms with Crippen molar-refractivity contribution in [3.05, 3.63) is 0 Å². The summed E-state index contributed by atoms with van der Waals surface area (Å²) >= 11 is 0. The summed E-state index contributed by atoms with van der Waals surface area (Å²) in [6.07, 6.45) is 0. The molecule has 0 radical (unpaired) electrons. The Morgan fingerprint density at radius 2 is 1.93 bits per heavy atom. The van der Waals surface area contributed by atoms with E-state index in [1.807, 2.05) is 0 Å². The van der Waals surface area contributed by atoms with Gasteiger partial charge in [0.1, 0.15) is 0 Å². The van der Waals surface area contributed by atoms with Crippen LogP contribution >= 0.6 is 0 Å². The van der Waals surface area contributed by atoms with E-state index < -0.39 is 0 Å². The summed E-state index contributed by atoms with van der Waals surface area (Å²) in [6, 6.07) is 0. The summed E-state index contributed by atoms with van der Waals surface area (Å²) in [5.74, 6) is -0.500. The molecule has 14 heavy (non-hydrogen) atoms. The molecule has 1 heterocycles. The lowest BCUT2D eigenvalue weighted by atomic mass is 10.3. The van der Waals surface area contributed by atoms with Gasteiger partial charge >= 0.3 is 0 Å². The van der Waals surface area contributed by atoms with Gasteiger partial charge in [0, 0.05) is 13.1 Å². The molecule has 1 saturated heterocycles. The summed E-state index contributed by atoms with van der Waals surface area (Å²) in [4.78, 5) is 23.6. The fourth-order valence-corrected chi connectivity index (χ4v) is 1.23. The summed E-state index contributed by atoms with van der Waals surface area (Å²) in [6.45, 7) is 2.60. The van der Waals surface area contributed by atoms with Crippen molar-refractivity contribution >= 4 is 11.8 Å². The van der Waals surface area contributed by atoms with Crippen LogP contribution in [0.3, 0.4) is 0 Å². The number of rotatable bonds is 5. The summed E-state index contributed by atoms with van der Waals surface area (Å²) in [7, 11) is 0. The van der Waals surface area contributed by atoms with Gasteiger partial charge in [-0.25, -0.2) is 0 Å². The molecule has 0 spiro atoms. The first-order valence-corrected chi connectivity index (χ1v) is 4.55. The molecule has 80 valence electrons. The van der Waals surface area contributed by atoms with Gasteiger partial charge in [-0.15, -0.1) is 0 Å². The third kappa shape index (κ3) is 3.82. The molecule has 0 aliphatic carbocycles. The number of carbonyl (C=O) groups is 2. The SMILES string of the molecule is NCCOCCN1CC(=O)NC(=O)C1. The van der Waals surface area contributed by atoms with E-state index in [2.05, 4.69) is 5.32 Å². The predicted molar refractivity (Wildman–Crippen MR) is 49.5 cm³/mol. The minimum Gasteiger partial charge on any atom is -0.379 e. The quantitative estimate of drug-likeness (QED) is 0.394. The van der Waals surface area contributed by atoms with Gasteiger partial charge in [-0.3, -0.25) is 19.8 Å². The van der Waals surface area contributed by atoms with Crippen molar-refractivity contribution in [1.29, 1.82) is 0 Å². The van der Waals surface area contributed by atoms with Gasteiger partial charge < -0.3 is 10.5 Å². The van der Waals surface area contributed by atoms with E-state index in [1.54, 1.807) is 4.90 Å². The minimum absolute atomic E-state index is 0.250. The Morgan fingerprint density at radius 3 is 2.50 bits per heavy atom.